The number of likely N-dealkylation sites (N-methyl/N-ethyl adjacent to an activating group) is 1. The van der Waals surface area contributed by atoms with Crippen molar-refractivity contribution in [1.82, 2.24) is 10.2 Å². The smallest absolute Gasteiger partial charge is 0.244 e. The molecule has 0 aromatic carbocycles. The highest BCUT2D eigenvalue weighted by Gasteiger charge is 2.27. The summed E-state index contributed by atoms with van der Waals surface area (Å²) in [6.45, 7) is 7.64. The monoisotopic (exact) mass is 228 g/mol. The predicted octanol–water partition coefficient (Wildman–Crippen LogP) is 1.26. The standard InChI is InChI=1S/C12H24N2O2/c1-7-9(4)10(12(16)14(5)6)13-11(15)8(2)3/h8-10H,7H2,1-6H3,(H,13,15)/t9-,10-/m0/s1. The molecule has 0 rings (SSSR count). The van der Waals surface area contributed by atoms with Gasteiger partial charge in [-0.2, -0.15) is 0 Å². The Morgan fingerprint density at radius 3 is 2.00 bits per heavy atom. The number of carbonyl (C=O) groups excluding carboxylic acids is 2. The lowest BCUT2D eigenvalue weighted by Gasteiger charge is -2.26. The van der Waals surface area contributed by atoms with Crippen molar-refractivity contribution in [2.75, 3.05) is 14.1 Å². The molecule has 4 heteroatoms. The molecule has 0 radical (unpaired) electrons. The van der Waals surface area contributed by atoms with Gasteiger partial charge in [0.25, 0.3) is 0 Å². The Bertz CT molecular complexity index is 249. The second kappa shape index (κ2) is 6.51. The zero-order chi connectivity index (χ0) is 12.9. The minimum atomic E-state index is -0.408. The van der Waals surface area contributed by atoms with Crippen LogP contribution in [0, 0.1) is 11.8 Å². The van der Waals surface area contributed by atoms with Crippen molar-refractivity contribution >= 4 is 11.8 Å². The number of nitrogens with zero attached hydrogens (tertiary/aromatic N) is 1. The maximum absolute atomic E-state index is 11.9. The molecular formula is C12H24N2O2. The molecule has 0 saturated heterocycles. The summed E-state index contributed by atoms with van der Waals surface area (Å²) >= 11 is 0. The van der Waals surface area contributed by atoms with Crippen LogP contribution in [0.3, 0.4) is 0 Å². The molecule has 0 aromatic heterocycles. The molecule has 94 valence electrons. The fourth-order valence-electron chi connectivity index (χ4n) is 1.28. The third kappa shape index (κ3) is 4.21. The van der Waals surface area contributed by atoms with E-state index in [1.54, 1.807) is 14.1 Å². The van der Waals surface area contributed by atoms with Crippen LogP contribution in [0.1, 0.15) is 34.1 Å². The van der Waals surface area contributed by atoms with Gasteiger partial charge in [-0.1, -0.05) is 34.1 Å². The van der Waals surface area contributed by atoms with E-state index in [9.17, 15) is 9.59 Å². The summed E-state index contributed by atoms with van der Waals surface area (Å²) < 4.78 is 0. The summed E-state index contributed by atoms with van der Waals surface area (Å²) in [6, 6.07) is -0.408. The van der Waals surface area contributed by atoms with Gasteiger partial charge in [0, 0.05) is 20.0 Å². The van der Waals surface area contributed by atoms with Gasteiger partial charge < -0.3 is 10.2 Å². The number of carbonyl (C=O) groups is 2. The molecule has 0 unspecified atom stereocenters. The first kappa shape index (κ1) is 14.9. The topological polar surface area (TPSA) is 49.4 Å². The minimum absolute atomic E-state index is 0.0386. The molecule has 16 heavy (non-hydrogen) atoms. The fraction of sp³-hybridized carbons (Fsp3) is 0.833. The summed E-state index contributed by atoms with van der Waals surface area (Å²) in [6.07, 6.45) is 0.864. The predicted molar refractivity (Wildman–Crippen MR) is 64.9 cm³/mol. The lowest BCUT2D eigenvalue weighted by molar-refractivity contribution is -0.136. The van der Waals surface area contributed by atoms with E-state index in [4.69, 9.17) is 0 Å². The Hall–Kier alpha value is -1.06. The van der Waals surface area contributed by atoms with Crippen molar-refractivity contribution in [2.24, 2.45) is 11.8 Å². The summed E-state index contributed by atoms with van der Waals surface area (Å²) in [5.41, 5.74) is 0. The molecule has 0 fully saturated rings. The minimum Gasteiger partial charge on any atom is -0.347 e. The zero-order valence-electron chi connectivity index (χ0n) is 11.2. The molecule has 0 aromatic rings. The van der Waals surface area contributed by atoms with Crippen LogP contribution in [0.15, 0.2) is 0 Å². The van der Waals surface area contributed by atoms with Crippen LogP contribution in [0.25, 0.3) is 0 Å². The lowest BCUT2D eigenvalue weighted by atomic mass is 9.97. The first-order valence-corrected chi connectivity index (χ1v) is 5.82. The van der Waals surface area contributed by atoms with Gasteiger partial charge in [-0.15, -0.1) is 0 Å². The van der Waals surface area contributed by atoms with E-state index in [0.29, 0.717) is 0 Å². The van der Waals surface area contributed by atoms with Gasteiger partial charge in [-0.3, -0.25) is 9.59 Å². The van der Waals surface area contributed by atoms with E-state index < -0.39 is 6.04 Å². The molecule has 0 aliphatic rings. The Balaban J connectivity index is 4.69. The molecule has 0 saturated carbocycles. The van der Waals surface area contributed by atoms with E-state index in [1.165, 1.54) is 4.90 Å². The van der Waals surface area contributed by atoms with Gasteiger partial charge in [0.1, 0.15) is 6.04 Å². The van der Waals surface area contributed by atoms with Crippen LogP contribution in [0.2, 0.25) is 0 Å². The molecule has 0 bridgehead atoms. The van der Waals surface area contributed by atoms with Crippen LogP contribution in [0.4, 0.5) is 0 Å². The number of nitrogens with one attached hydrogen (secondary N) is 1. The third-order valence-corrected chi connectivity index (χ3v) is 2.74. The van der Waals surface area contributed by atoms with Crippen molar-refractivity contribution in [3.63, 3.8) is 0 Å². The molecule has 0 aliphatic carbocycles. The van der Waals surface area contributed by atoms with E-state index in [2.05, 4.69) is 5.32 Å². The van der Waals surface area contributed by atoms with Crippen molar-refractivity contribution in [3.8, 4) is 0 Å². The maximum Gasteiger partial charge on any atom is 0.244 e. The quantitative estimate of drug-likeness (QED) is 0.770. The molecule has 0 heterocycles. The third-order valence-electron chi connectivity index (χ3n) is 2.74. The van der Waals surface area contributed by atoms with Crippen LogP contribution in [0.5, 0.6) is 0 Å². The molecule has 2 amide bonds. The number of amides is 2. The summed E-state index contributed by atoms with van der Waals surface area (Å²) in [7, 11) is 3.42. The van der Waals surface area contributed by atoms with E-state index in [-0.39, 0.29) is 23.7 Å². The first-order valence-electron chi connectivity index (χ1n) is 5.82. The van der Waals surface area contributed by atoms with Gasteiger partial charge in [-0.25, -0.2) is 0 Å². The number of rotatable bonds is 5. The Morgan fingerprint density at radius 1 is 1.19 bits per heavy atom. The highest BCUT2D eigenvalue weighted by atomic mass is 16.2. The molecule has 0 aliphatic heterocycles. The second-order valence-corrected chi connectivity index (χ2v) is 4.76. The lowest BCUT2D eigenvalue weighted by Crippen LogP contribution is -2.50. The van der Waals surface area contributed by atoms with Gasteiger partial charge in [-0.05, 0) is 5.92 Å². The normalized spacial score (nSPS) is 14.4. The van der Waals surface area contributed by atoms with Gasteiger partial charge in [0.2, 0.25) is 11.8 Å². The summed E-state index contributed by atoms with van der Waals surface area (Å²) in [5, 5.41) is 2.82. The fourth-order valence-corrected chi connectivity index (χ4v) is 1.28. The zero-order valence-corrected chi connectivity index (χ0v) is 11.2. The van der Waals surface area contributed by atoms with Crippen molar-refractivity contribution < 1.29 is 9.59 Å². The van der Waals surface area contributed by atoms with Crippen molar-refractivity contribution in [2.45, 2.75) is 40.2 Å². The van der Waals surface area contributed by atoms with Crippen molar-refractivity contribution in [3.05, 3.63) is 0 Å². The second-order valence-electron chi connectivity index (χ2n) is 4.76. The van der Waals surface area contributed by atoms with Gasteiger partial charge in [0.15, 0.2) is 0 Å². The number of hydrogen-bond acceptors (Lipinski definition) is 2. The van der Waals surface area contributed by atoms with Gasteiger partial charge in [0.05, 0.1) is 0 Å². The Morgan fingerprint density at radius 2 is 1.69 bits per heavy atom. The van der Waals surface area contributed by atoms with Crippen LogP contribution in [-0.4, -0.2) is 36.9 Å². The average Bonchev–Trinajstić information content (AvgIpc) is 2.23. The van der Waals surface area contributed by atoms with Crippen LogP contribution in [-0.2, 0) is 9.59 Å². The molecule has 0 spiro atoms. The largest absolute Gasteiger partial charge is 0.347 e. The first-order chi connectivity index (χ1) is 7.31. The highest BCUT2D eigenvalue weighted by Crippen LogP contribution is 2.10. The van der Waals surface area contributed by atoms with E-state index in [0.717, 1.165) is 6.42 Å². The molecule has 1 N–H and O–H groups in total. The summed E-state index contributed by atoms with van der Waals surface area (Å²) in [5.74, 6) is -0.0528. The average molecular weight is 228 g/mol. The van der Waals surface area contributed by atoms with E-state index in [1.807, 2.05) is 27.7 Å². The Labute approximate surface area is 98.4 Å². The molecule has 2 atom stereocenters. The highest BCUT2D eigenvalue weighted by molar-refractivity contribution is 5.88. The van der Waals surface area contributed by atoms with Gasteiger partial charge >= 0.3 is 0 Å². The SMILES string of the molecule is CC[C@H](C)[C@H](NC(=O)C(C)C)C(=O)N(C)C. The van der Waals surface area contributed by atoms with Crippen LogP contribution >= 0.6 is 0 Å². The van der Waals surface area contributed by atoms with Crippen LogP contribution < -0.4 is 5.32 Å². The summed E-state index contributed by atoms with van der Waals surface area (Å²) in [4.78, 5) is 25.1. The Kier molecular flexibility index (Phi) is 6.08. The maximum atomic E-state index is 11.9. The molecular weight excluding hydrogens is 204 g/mol. The molecule has 4 nitrogen and oxygen atoms in total. The van der Waals surface area contributed by atoms with Crippen molar-refractivity contribution in [1.29, 1.82) is 0 Å². The number of hydrogen-bond donors (Lipinski definition) is 1. The van der Waals surface area contributed by atoms with E-state index >= 15 is 0 Å².